The first-order valence-corrected chi connectivity index (χ1v) is 11.0. The number of phenols is 1. The van der Waals surface area contributed by atoms with Crippen LogP contribution in [0.25, 0.3) is 33.8 Å². The molecule has 0 atom stereocenters. The molecule has 1 heterocycles. The summed E-state index contributed by atoms with van der Waals surface area (Å²) in [6, 6.07) is 27.7. The number of para-hydroxylation sites is 1. The highest BCUT2D eigenvalue weighted by Gasteiger charge is 2.18. The zero-order valence-corrected chi connectivity index (χ0v) is 19.0. The lowest BCUT2D eigenvalue weighted by Crippen LogP contribution is -2.27. The lowest BCUT2D eigenvalue weighted by atomic mass is 10.1. The van der Waals surface area contributed by atoms with Crippen molar-refractivity contribution in [1.82, 2.24) is 9.13 Å². The van der Waals surface area contributed by atoms with Gasteiger partial charge in [-0.3, -0.25) is 9.36 Å². The fourth-order valence-electron chi connectivity index (χ4n) is 4.02. The molecule has 6 nitrogen and oxygen atoms in total. The number of imidazole rings is 1. The topological polar surface area (TPSA) is 73.5 Å². The summed E-state index contributed by atoms with van der Waals surface area (Å²) in [7, 11) is 1.45. The van der Waals surface area contributed by atoms with Crippen LogP contribution in [0.1, 0.15) is 10.4 Å². The summed E-state index contributed by atoms with van der Waals surface area (Å²) in [6.45, 7) is 0. The van der Waals surface area contributed by atoms with Gasteiger partial charge in [-0.15, -0.1) is 0 Å². The monoisotopic (exact) mass is 462 g/mol. The van der Waals surface area contributed by atoms with E-state index < -0.39 is 11.6 Å². The number of phenolic OH excluding ortho intramolecular Hbond substituents is 1. The average molecular weight is 463 g/mol. The summed E-state index contributed by atoms with van der Waals surface area (Å²) in [4.78, 5) is 26.8. The van der Waals surface area contributed by atoms with Gasteiger partial charge in [0, 0.05) is 17.8 Å². The van der Waals surface area contributed by atoms with Gasteiger partial charge in [0.15, 0.2) is 11.5 Å². The maximum atomic E-state index is 13.4. The van der Waals surface area contributed by atoms with E-state index in [1.807, 2.05) is 72.8 Å². The van der Waals surface area contributed by atoms with Crippen LogP contribution in [0.4, 0.5) is 0 Å². The van der Waals surface area contributed by atoms with E-state index in [1.165, 1.54) is 28.4 Å². The summed E-state index contributed by atoms with van der Waals surface area (Å²) in [5, 5.41) is 11.9. The van der Waals surface area contributed by atoms with Gasteiger partial charge in [-0.2, -0.15) is 0 Å². The molecule has 0 amide bonds. The Balaban J connectivity index is 1.62. The lowest BCUT2D eigenvalue weighted by molar-refractivity contribution is 0.0967. The zero-order valence-electron chi connectivity index (χ0n) is 19.0. The van der Waals surface area contributed by atoms with E-state index in [-0.39, 0.29) is 5.75 Å². The Morgan fingerprint density at radius 3 is 2.40 bits per heavy atom. The fourth-order valence-corrected chi connectivity index (χ4v) is 4.02. The molecule has 4 aromatic carbocycles. The van der Waals surface area contributed by atoms with Gasteiger partial charge < -0.3 is 9.84 Å². The van der Waals surface area contributed by atoms with Gasteiger partial charge in [0.2, 0.25) is 0 Å². The van der Waals surface area contributed by atoms with Crippen molar-refractivity contribution in [2.24, 2.45) is 0 Å². The van der Waals surface area contributed by atoms with Crippen molar-refractivity contribution in [1.29, 1.82) is 0 Å². The van der Waals surface area contributed by atoms with Gasteiger partial charge in [0.1, 0.15) is 0 Å². The molecule has 5 aromatic rings. The second-order valence-electron chi connectivity index (χ2n) is 8.00. The smallest absolute Gasteiger partial charge is 0.340 e. The van der Waals surface area contributed by atoms with Crippen molar-refractivity contribution in [3.63, 3.8) is 0 Å². The maximum absolute atomic E-state index is 13.4. The summed E-state index contributed by atoms with van der Waals surface area (Å²) in [5.74, 6) is -0.186. The molecule has 0 bridgehead atoms. The quantitative estimate of drug-likeness (QED) is 0.349. The van der Waals surface area contributed by atoms with Crippen molar-refractivity contribution in [2.45, 2.75) is 0 Å². The largest absolute Gasteiger partial charge is 0.504 e. The number of ether oxygens (including phenoxy) is 1. The van der Waals surface area contributed by atoms with Crippen LogP contribution in [0, 0.1) is 0 Å². The van der Waals surface area contributed by atoms with Gasteiger partial charge in [0.25, 0.3) is 5.91 Å². The fraction of sp³-hybridized carbons (Fsp3) is 0.0345. The molecule has 0 saturated heterocycles. The average Bonchev–Trinajstić information content (AvgIpc) is 3.25. The van der Waals surface area contributed by atoms with E-state index >= 15 is 0 Å². The third-order valence-electron chi connectivity index (χ3n) is 5.81. The molecule has 0 unspecified atom stereocenters. The van der Waals surface area contributed by atoms with Gasteiger partial charge >= 0.3 is 5.69 Å². The normalized spacial score (nSPS) is 11.2. The first-order chi connectivity index (χ1) is 17.0. The number of hydrogen-bond donors (Lipinski definition) is 1. The molecule has 5 rings (SSSR count). The van der Waals surface area contributed by atoms with E-state index in [0.29, 0.717) is 22.7 Å². The van der Waals surface area contributed by atoms with E-state index in [4.69, 9.17) is 4.74 Å². The summed E-state index contributed by atoms with van der Waals surface area (Å²) in [6.07, 6.45) is 4.62. The SMILES string of the molecule is COc1cc(/C=C/C(=O)n2c(-c3ccc4ccccc4c3)cn(-c3ccccc3)c2=O)ccc1O. The van der Waals surface area contributed by atoms with E-state index in [2.05, 4.69) is 0 Å². The number of aromatic hydroxyl groups is 1. The molecule has 35 heavy (non-hydrogen) atoms. The number of methoxy groups -OCH3 is 1. The van der Waals surface area contributed by atoms with Gasteiger partial charge in [0.05, 0.1) is 18.5 Å². The molecule has 0 aliphatic heterocycles. The molecule has 0 saturated carbocycles. The van der Waals surface area contributed by atoms with Crippen LogP contribution >= 0.6 is 0 Å². The van der Waals surface area contributed by atoms with Crippen molar-refractivity contribution in [3.05, 3.63) is 119 Å². The number of benzene rings is 4. The number of hydrogen-bond acceptors (Lipinski definition) is 4. The molecule has 0 fully saturated rings. The molecule has 0 radical (unpaired) electrons. The number of fused-ring (bicyclic) bond motifs is 1. The summed E-state index contributed by atoms with van der Waals surface area (Å²) < 4.78 is 7.78. The first kappa shape index (κ1) is 22.0. The number of aromatic nitrogens is 2. The molecule has 172 valence electrons. The van der Waals surface area contributed by atoms with E-state index in [0.717, 1.165) is 16.3 Å². The number of nitrogens with zero attached hydrogens (tertiary/aromatic N) is 2. The van der Waals surface area contributed by atoms with Crippen molar-refractivity contribution in [2.75, 3.05) is 7.11 Å². The molecule has 1 aromatic heterocycles. The third kappa shape index (κ3) is 4.25. The minimum Gasteiger partial charge on any atom is -0.504 e. The van der Waals surface area contributed by atoms with Crippen molar-refractivity contribution in [3.8, 4) is 28.4 Å². The van der Waals surface area contributed by atoms with E-state index in [9.17, 15) is 14.7 Å². The molecular weight excluding hydrogens is 440 g/mol. The van der Waals surface area contributed by atoms with Crippen LogP contribution in [0.15, 0.2) is 108 Å². The van der Waals surface area contributed by atoms with Crippen LogP contribution in [0.5, 0.6) is 11.5 Å². The van der Waals surface area contributed by atoms with Crippen LogP contribution in [-0.4, -0.2) is 27.3 Å². The highest BCUT2D eigenvalue weighted by molar-refractivity contribution is 5.97. The maximum Gasteiger partial charge on any atom is 0.340 e. The first-order valence-electron chi connectivity index (χ1n) is 11.0. The second kappa shape index (κ2) is 9.19. The summed E-state index contributed by atoms with van der Waals surface area (Å²) in [5.41, 5.74) is 2.09. The Bertz CT molecular complexity index is 1630. The Labute approximate surface area is 201 Å². The van der Waals surface area contributed by atoms with Crippen LogP contribution in [0.3, 0.4) is 0 Å². The van der Waals surface area contributed by atoms with Crippen molar-refractivity contribution < 1.29 is 14.6 Å². The molecular formula is C29H22N2O4. The number of carbonyl (C=O) groups excluding carboxylic acids is 1. The highest BCUT2D eigenvalue weighted by Crippen LogP contribution is 2.27. The van der Waals surface area contributed by atoms with Crippen LogP contribution in [0.2, 0.25) is 0 Å². The molecule has 0 aliphatic carbocycles. The van der Waals surface area contributed by atoms with Gasteiger partial charge in [-0.25, -0.2) is 9.36 Å². The molecule has 0 aliphatic rings. The molecule has 1 N–H and O–H groups in total. The van der Waals surface area contributed by atoms with Crippen LogP contribution < -0.4 is 10.4 Å². The van der Waals surface area contributed by atoms with Gasteiger partial charge in [-0.05, 0) is 52.7 Å². The zero-order chi connectivity index (χ0) is 24.4. The van der Waals surface area contributed by atoms with E-state index in [1.54, 1.807) is 24.4 Å². The summed E-state index contributed by atoms with van der Waals surface area (Å²) >= 11 is 0. The second-order valence-corrected chi connectivity index (χ2v) is 8.00. The number of rotatable bonds is 5. The van der Waals surface area contributed by atoms with Crippen molar-refractivity contribution >= 4 is 22.8 Å². The molecule has 6 heteroatoms. The minimum absolute atomic E-state index is 0.00530. The predicted octanol–water partition coefficient (Wildman–Crippen LogP) is 5.53. The third-order valence-corrected chi connectivity index (χ3v) is 5.81. The lowest BCUT2D eigenvalue weighted by Gasteiger charge is -2.06. The Kier molecular flexibility index (Phi) is 5.77. The Morgan fingerprint density at radius 1 is 0.886 bits per heavy atom. The minimum atomic E-state index is -0.486. The standard InChI is InChI=1S/C29H22N2O4/c1-35-27-17-20(11-15-26(27)32)12-16-28(33)31-25(19-30(29(31)34)24-9-3-2-4-10-24)23-14-13-21-7-5-6-8-22(21)18-23/h2-19,32H,1H3/b16-12+. The van der Waals surface area contributed by atoms with Crippen LogP contribution in [-0.2, 0) is 0 Å². The Morgan fingerprint density at radius 2 is 1.63 bits per heavy atom. The van der Waals surface area contributed by atoms with Gasteiger partial charge in [-0.1, -0.05) is 60.7 Å². The highest BCUT2D eigenvalue weighted by atomic mass is 16.5. The number of carbonyl (C=O) groups is 1. The number of allylic oxidation sites excluding steroid dienone is 1. The molecule has 0 spiro atoms. The Hall–Kier alpha value is -4.84. The predicted molar refractivity (Wildman–Crippen MR) is 137 cm³/mol.